The number of nitrogens with one attached hydrogen (secondary N) is 2. The van der Waals surface area contributed by atoms with Gasteiger partial charge in [-0.1, -0.05) is 12.5 Å². The number of halogens is 2. The van der Waals surface area contributed by atoms with Crippen molar-refractivity contribution >= 4 is 34.0 Å². The summed E-state index contributed by atoms with van der Waals surface area (Å²) in [6, 6.07) is 11.7. The van der Waals surface area contributed by atoms with Gasteiger partial charge in [0, 0.05) is 36.8 Å². The lowest BCUT2D eigenvalue weighted by Crippen LogP contribution is -2.20. The van der Waals surface area contributed by atoms with Crippen molar-refractivity contribution in [2.45, 2.75) is 19.9 Å². The highest BCUT2D eigenvalue weighted by molar-refractivity contribution is 5.92. The second-order valence-electron chi connectivity index (χ2n) is 8.01. The summed E-state index contributed by atoms with van der Waals surface area (Å²) in [6.45, 7) is 3.89. The van der Waals surface area contributed by atoms with Crippen molar-refractivity contribution in [3.05, 3.63) is 66.8 Å². The highest BCUT2D eigenvalue weighted by Gasteiger charge is 2.12. The van der Waals surface area contributed by atoms with E-state index in [9.17, 15) is 13.6 Å². The topological polar surface area (TPSA) is 97.2 Å². The molecule has 2 heterocycles. The Bertz CT molecular complexity index is 1430. The molecule has 0 unspecified atom stereocenters. The Balaban J connectivity index is 1.36. The number of carbonyl (C=O) groups is 1. The van der Waals surface area contributed by atoms with Gasteiger partial charge < -0.3 is 20.3 Å². The Hall–Kier alpha value is -4.72. The number of nitrogens with zero attached hydrogens (tertiary/aromatic N) is 5. The third-order valence-corrected chi connectivity index (χ3v) is 5.44. The Kier molecular flexibility index (Phi) is 8.10. The molecule has 0 atom stereocenters. The Labute approximate surface area is 212 Å². The van der Waals surface area contributed by atoms with Crippen LogP contribution in [0.4, 0.5) is 26.0 Å². The normalized spacial score (nSPS) is 10.6. The zero-order valence-electron chi connectivity index (χ0n) is 20.1. The second kappa shape index (κ2) is 11.8. The van der Waals surface area contributed by atoms with Crippen LogP contribution in [-0.2, 0) is 11.3 Å². The first-order valence-electron chi connectivity index (χ1n) is 11.6. The molecular formula is C26H25F2N7O2. The van der Waals surface area contributed by atoms with Gasteiger partial charge in [-0.05, 0) is 37.6 Å². The van der Waals surface area contributed by atoms with E-state index < -0.39 is 17.5 Å². The van der Waals surface area contributed by atoms with Crippen molar-refractivity contribution in [1.29, 1.82) is 0 Å². The Morgan fingerprint density at radius 2 is 2.11 bits per heavy atom. The largest absolute Gasteiger partial charge is 0.493 e. The van der Waals surface area contributed by atoms with E-state index in [4.69, 9.17) is 11.2 Å². The molecule has 0 aliphatic rings. The summed E-state index contributed by atoms with van der Waals surface area (Å²) in [6.07, 6.45) is 10.8. The maximum atomic E-state index is 13.8. The van der Waals surface area contributed by atoms with Gasteiger partial charge in [0.25, 0.3) is 0 Å². The molecule has 2 aromatic heterocycles. The van der Waals surface area contributed by atoms with Gasteiger partial charge in [0.15, 0.2) is 11.6 Å². The first-order chi connectivity index (χ1) is 18.0. The number of ether oxygens (including phenoxy) is 1. The van der Waals surface area contributed by atoms with Gasteiger partial charge in [0.05, 0.1) is 29.7 Å². The van der Waals surface area contributed by atoms with Crippen LogP contribution < -0.4 is 15.4 Å². The van der Waals surface area contributed by atoms with Gasteiger partial charge in [0.1, 0.15) is 24.4 Å². The van der Waals surface area contributed by atoms with E-state index in [1.54, 1.807) is 6.20 Å². The van der Waals surface area contributed by atoms with E-state index in [2.05, 4.69) is 31.7 Å². The highest BCUT2D eigenvalue weighted by Crippen LogP contribution is 2.26. The number of anilines is 3. The third kappa shape index (κ3) is 6.49. The summed E-state index contributed by atoms with van der Waals surface area (Å²) in [5, 5.41) is 10.4. The fourth-order valence-corrected chi connectivity index (χ4v) is 3.57. The first kappa shape index (κ1) is 25.4. The predicted molar refractivity (Wildman–Crippen MR) is 136 cm³/mol. The molecule has 0 aliphatic heterocycles. The molecule has 0 saturated carbocycles. The average molecular weight is 506 g/mol. The molecule has 2 aromatic carbocycles. The molecule has 4 aromatic rings. The minimum Gasteiger partial charge on any atom is -0.493 e. The summed E-state index contributed by atoms with van der Waals surface area (Å²) in [7, 11) is 0. The number of hydrogen-bond acceptors (Lipinski definition) is 7. The van der Waals surface area contributed by atoms with Crippen LogP contribution in [0.5, 0.6) is 5.75 Å². The van der Waals surface area contributed by atoms with E-state index in [1.807, 2.05) is 30.0 Å². The van der Waals surface area contributed by atoms with Crippen molar-refractivity contribution in [2.75, 3.05) is 30.3 Å². The quantitative estimate of drug-likeness (QED) is 0.179. The van der Waals surface area contributed by atoms with Crippen LogP contribution in [0.2, 0.25) is 0 Å². The highest BCUT2D eigenvalue weighted by atomic mass is 19.2. The average Bonchev–Trinajstić information content (AvgIpc) is 3.33. The fourth-order valence-electron chi connectivity index (χ4n) is 3.57. The molecule has 0 aliphatic carbocycles. The van der Waals surface area contributed by atoms with Gasteiger partial charge in [-0.25, -0.2) is 18.7 Å². The zero-order valence-corrected chi connectivity index (χ0v) is 20.1. The number of benzene rings is 2. The molecule has 190 valence electrons. The van der Waals surface area contributed by atoms with Crippen LogP contribution in [0.15, 0.2) is 55.1 Å². The summed E-state index contributed by atoms with van der Waals surface area (Å²) >= 11 is 0. The number of terminal acetylenes is 1. The number of rotatable bonds is 11. The standard InChI is InChI=1S/C26H25F2N7O2/c1-3-34(4-2)11-6-12-37-19-9-10-20-23(13-19)29-17-30-26(20)32-18-14-31-35(15-18)16-24(36)33-22-8-5-7-21(27)25(22)28/h1,5,7-10,13-15,17H,4,6,11-12,16H2,2H3,(H,33,36)(H,29,30,32). The lowest BCUT2D eigenvalue weighted by atomic mass is 10.2. The van der Waals surface area contributed by atoms with Gasteiger partial charge >= 0.3 is 0 Å². The fraction of sp³-hybridized carbons (Fsp3) is 0.231. The molecule has 11 heteroatoms. The minimum atomic E-state index is -1.12. The molecule has 9 nitrogen and oxygen atoms in total. The van der Waals surface area contributed by atoms with Crippen LogP contribution >= 0.6 is 0 Å². The predicted octanol–water partition coefficient (Wildman–Crippen LogP) is 4.17. The molecule has 0 spiro atoms. The van der Waals surface area contributed by atoms with E-state index in [-0.39, 0.29) is 12.2 Å². The summed E-state index contributed by atoms with van der Waals surface area (Å²) in [5.74, 6) is -1.47. The Morgan fingerprint density at radius 3 is 2.92 bits per heavy atom. The summed E-state index contributed by atoms with van der Waals surface area (Å²) in [5.41, 5.74) is 1.04. The molecule has 0 fully saturated rings. The molecule has 0 bridgehead atoms. The van der Waals surface area contributed by atoms with Gasteiger partial charge in [-0.3, -0.25) is 9.48 Å². The second-order valence-corrected chi connectivity index (χ2v) is 8.01. The van der Waals surface area contributed by atoms with Crippen LogP contribution in [0.25, 0.3) is 10.9 Å². The molecule has 2 N–H and O–H groups in total. The smallest absolute Gasteiger partial charge is 0.246 e. The van der Waals surface area contributed by atoms with Gasteiger partial charge in [-0.2, -0.15) is 5.10 Å². The number of carbonyl (C=O) groups excluding carboxylic acids is 1. The van der Waals surface area contributed by atoms with Gasteiger partial charge in [0.2, 0.25) is 5.91 Å². The summed E-state index contributed by atoms with van der Waals surface area (Å²) in [4.78, 5) is 22.8. The molecule has 0 saturated heterocycles. The lowest BCUT2D eigenvalue weighted by molar-refractivity contribution is -0.116. The maximum absolute atomic E-state index is 13.8. The zero-order chi connectivity index (χ0) is 26.2. The first-order valence-corrected chi connectivity index (χ1v) is 11.6. The molecule has 1 amide bonds. The van der Waals surface area contributed by atoms with E-state index >= 15 is 0 Å². The van der Waals surface area contributed by atoms with Crippen LogP contribution in [-0.4, -0.2) is 50.3 Å². The third-order valence-electron chi connectivity index (χ3n) is 5.44. The minimum absolute atomic E-state index is 0.194. The van der Waals surface area contributed by atoms with Crippen LogP contribution in [0.1, 0.15) is 13.3 Å². The molecular weight excluding hydrogens is 480 g/mol. The van der Waals surface area contributed by atoms with Gasteiger partial charge in [-0.15, -0.1) is 0 Å². The van der Waals surface area contributed by atoms with Crippen molar-refractivity contribution < 1.29 is 18.3 Å². The molecule has 0 radical (unpaired) electrons. The monoisotopic (exact) mass is 505 g/mol. The van der Waals surface area contributed by atoms with Crippen molar-refractivity contribution in [3.8, 4) is 18.2 Å². The molecule has 4 rings (SSSR count). The van der Waals surface area contributed by atoms with E-state index in [0.29, 0.717) is 29.4 Å². The Morgan fingerprint density at radius 1 is 1.24 bits per heavy atom. The number of hydrogen-bond donors (Lipinski definition) is 2. The van der Waals surface area contributed by atoms with Crippen molar-refractivity contribution in [2.24, 2.45) is 0 Å². The van der Waals surface area contributed by atoms with Crippen molar-refractivity contribution in [1.82, 2.24) is 24.6 Å². The lowest BCUT2D eigenvalue weighted by Gasteiger charge is -2.15. The van der Waals surface area contributed by atoms with Crippen LogP contribution in [0, 0.1) is 24.1 Å². The summed E-state index contributed by atoms with van der Waals surface area (Å²) < 4.78 is 34.3. The maximum Gasteiger partial charge on any atom is 0.246 e. The van der Waals surface area contributed by atoms with E-state index in [1.165, 1.54) is 29.3 Å². The number of amides is 1. The molecule has 37 heavy (non-hydrogen) atoms. The van der Waals surface area contributed by atoms with Crippen LogP contribution in [0.3, 0.4) is 0 Å². The van der Waals surface area contributed by atoms with E-state index in [0.717, 1.165) is 31.0 Å². The number of fused-ring (bicyclic) bond motifs is 1. The van der Waals surface area contributed by atoms with Crippen molar-refractivity contribution in [3.63, 3.8) is 0 Å². The number of aromatic nitrogens is 4. The SMILES string of the molecule is C#CN(CC)CCCOc1ccc2c(Nc3cnn(CC(=O)Nc4cccc(F)c4F)c3)ncnc2c1.